The van der Waals surface area contributed by atoms with Crippen molar-refractivity contribution in [3.63, 3.8) is 0 Å². The molecule has 1 aromatic carbocycles. The zero-order chi connectivity index (χ0) is 17.2. The monoisotopic (exact) mass is 477 g/mol. The Morgan fingerprint density at radius 2 is 2.04 bits per heavy atom. The van der Waals surface area contributed by atoms with Crippen molar-refractivity contribution in [3.05, 3.63) is 29.8 Å². The van der Waals surface area contributed by atoms with Crippen molar-refractivity contribution < 1.29 is 4.74 Å². The van der Waals surface area contributed by atoms with Gasteiger partial charge in [-0.15, -0.1) is 24.0 Å². The molecule has 1 fully saturated rings. The van der Waals surface area contributed by atoms with Crippen LogP contribution < -0.4 is 15.4 Å². The molecule has 2 N–H and O–H groups in total. The summed E-state index contributed by atoms with van der Waals surface area (Å²) in [6.07, 6.45) is 8.13. The van der Waals surface area contributed by atoms with Crippen molar-refractivity contribution in [2.45, 2.75) is 50.3 Å². The lowest BCUT2D eigenvalue weighted by atomic mass is 10.1. The number of thioether (sulfide) groups is 1. The molecule has 6 heteroatoms. The van der Waals surface area contributed by atoms with E-state index < -0.39 is 0 Å². The minimum absolute atomic E-state index is 0. The Balaban J connectivity index is 0.00000312. The van der Waals surface area contributed by atoms with Crippen LogP contribution in [0.4, 0.5) is 0 Å². The van der Waals surface area contributed by atoms with Crippen LogP contribution in [0.2, 0.25) is 0 Å². The van der Waals surface area contributed by atoms with Gasteiger partial charge in [-0.3, -0.25) is 4.99 Å². The maximum Gasteiger partial charge on any atom is 0.191 e. The number of methoxy groups -OCH3 is 1. The molecule has 2 unspecified atom stereocenters. The molecule has 25 heavy (non-hydrogen) atoms. The number of ether oxygens (including phenoxy) is 1. The summed E-state index contributed by atoms with van der Waals surface area (Å²) in [5.74, 6) is 1.88. The van der Waals surface area contributed by atoms with Gasteiger partial charge in [-0.1, -0.05) is 12.1 Å². The lowest BCUT2D eigenvalue weighted by Crippen LogP contribution is -2.42. The van der Waals surface area contributed by atoms with Crippen molar-refractivity contribution in [2.24, 2.45) is 4.99 Å². The van der Waals surface area contributed by atoms with Crippen molar-refractivity contribution in [2.75, 3.05) is 26.5 Å². The average molecular weight is 477 g/mol. The maximum atomic E-state index is 5.19. The van der Waals surface area contributed by atoms with Crippen LogP contribution in [0.5, 0.6) is 5.75 Å². The molecule has 4 nitrogen and oxygen atoms in total. The van der Waals surface area contributed by atoms with E-state index in [0.717, 1.165) is 42.9 Å². The van der Waals surface area contributed by atoms with E-state index in [2.05, 4.69) is 35.9 Å². The van der Waals surface area contributed by atoms with Crippen LogP contribution in [0, 0.1) is 0 Å². The molecule has 1 aromatic rings. The minimum atomic E-state index is 0. The third-order valence-electron chi connectivity index (χ3n) is 4.46. The van der Waals surface area contributed by atoms with Gasteiger partial charge in [-0.05, 0) is 63.0 Å². The molecule has 0 aliphatic heterocycles. The van der Waals surface area contributed by atoms with Gasteiger partial charge in [0.2, 0.25) is 0 Å². The molecule has 0 amide bonds. The quantitative estimate of drug-likeness (QED) is 0.256. The molecule has 0 heterocycles. The first kappa shape index (κ1) is 22.4. The van der Waals surface area contributed by atoms with Crippen LogP contribution in [-0.2, 0) is 6.42 Å². The van der Waals surface area contributed by atoms with Crippen LogP contribution in [0.1, 0.15) is 38.2 Å². The third-order valence-corrected chi connectivity index (χ3v) is 5.55. The Bertz CT molecular complexity index is 510. The smallest absolute Gasteiger partial charge is 0.191 e. The van der Waals surface area contributed by atoms with Crippen LogP contribution in [0.3, 0.4) is 0 Å². The molecule has 142 valence electrons. The summed E-state index contributed by atoms with van der Waals surface area (Å²) in [4.78, 5) is 4.74. The zero-order valence-corrected chi connectivity index (χ0v) is 18.7. The molecule has 0 saturated heterocycles. The molecule has 0 aromatic heterocycles. The molecular formula is C19H32IN3OS. The summed E-state index contributed by atoms with van der Waals surface area (Å²) >= 11 is 1.99. The standard InChI is InChI=1S/C19H31N3OS.HI/c1-4-20-19(22-16-9-12-18(14-16)24-3)21-13-5-6-15-7-10-17(23-2)11-8-15;/h7-8,10-11,16,18H,4-6,9,12-14H2,1-3H3,(H2,20,21,22);1H. The summed E-state index contributed by atoms with van der Waals surface area (Å²) in [5, 5.41) is 7.78. The number of benzene rings is 1. The van der Waals surface area contributed by atoms with Crippen molar-refractivity contribution in [1.82, 2.24) is 10.6 Å². The highest BCUT2D eigenvalue weighted by Gasteiger charge is 2.24. The predicted octanol–water partition coefficient (Wildman–Crippen LogP) is 4.09. The van der Waals surface area contributed by atoms with E-state index in [1.807, 2.05) is 23.9 Å². The maximum absolute atomic E-state index is 5.19. The number of guanidine groups is 1. The lowest BCUT2D eigenvalue weighted by Gasteiger charge is -2.17. The van der Waals surface area contributed by atoms with Gasteiger partial charge in [0.05, 0.1) is 7.11 Å². The number of aliphatic imine (C=N–C) groups is 1. The molecule has 1 saturated carbocycles. The average Bonchev–Trinajstić information content (AvgIpc) is 3.07. The first-order chi connectivity index (χ1) is 11.7. The first-order valence-electron chi connectivity index (χ1n) is 8.95. The SMILES string of the molecule is CCNC(=NCCCc1ccc(OC)cc1)NC1CCC(SC)C1.I. The number of aryl methyl sites for hydroxylation is 1. The fourth-order valence-corrected chi connectivity index (χ4v) is 3.86. The van der Waals surface area contributed by atoms with E-state index in [1.165, 1.54) is 24.8 Å². The highest BCUT2D eigenvalue weighted by molar-refractivity contribution is 14.0. The van der Waals surface area contributed by atoms with Gasteiger partial charge in [0.1, 0.15) is 5.75 Å². The number of halogens is 1. The molecule has 0 spiro atoms. The number of nitrogens with zero attached hydrogens (tertiary/aromatic N) is 1. The van der Waals surface area contributed by atoms with Gasteiger partial charge < -0.3 is 15.4 Å². The number of nitrogens with one attached hydrogen (secondary N) is 2. The Kier molecular flexibility index (Phi) is 11.4. The summed E-state index contributed by atoms with van der Waals surface area (Å²) in [6.45, 7) is 3.87. The van der Waals surface area contributed by atoms with E-state index in [0.29, 0.717) is 6.04 Å². The fourth-order valence-electron chi connectivity index (χ4n) is 3.06. The number of hydrogen-bond donors (Lipinski definition) is 2. The second kappa shape index (κ2) is 12.7. The van der Waals surface area contributed by atoms with E-state index in [4.69, 9.17) is 9.73 Å². The van der Waals surface area contributed by atoms with E-state index >= 15 is 0 Å². The summed E-state index contributed by atoms with van der Waals surface area (Å²) in [7, 11) is 1.70. The molecule has 0 radical (unpaired) electrons. The minimum Gasteiger partial charge on any atom is -0.497 e. The Labute approximate surface area is 174 Å². The van der Waals surface area contributed by atoms with Crippen molar-refractivity contribution in [3.8, 4) is 5.75 Å². The summed E-state index contributed by atoms with van der Waals surface area (Å²) in [6, 6.07) is 8.88. The summed E-state index contributed by atoms with van der Waals surface area (Å²) < 4.78 is 5.19. The van der Waals surface area contributed by atoms with E-state index in [9.17, 15) is 0 Å². The second-order valence-electron chi connectivity index (χ2n) is 6.22. The highest BCUT2D eigenvalue weighted by atomic mass is 127. The van der Waals surface area contributed by atoms with Gasteiger partial charge >= 0.3 is 0 Å². The Morgan fingerprint density at radius 1 is 1.28 bits per heavy atom. The first-order valence-corrected chi connectivity index (χ1v) is 10.2. The zero-order valence-electron chi connectivity index (χ0n) is 15.6. The fraction of sp³-hybridized carbons (Fsp3) is 0.632. The van der Waals surface area contributed by atoms with Crippen LogP contribution in [0.15, 0.2) is 29.3 Å². The van der Waals surface area contributed by atoms with E-state index in [1.54, 1.807) is 7.11 Å². The molecule has 1 aliphatic carbocycles. The van der Waals surface area contributed by atoms with Crippen molar-refractivity contribution >= 4 is 41.7 Å². The highest BCUT2D eigenvalue weighted by Crippen LogP contribution is 2.28. The number of hydrogen-bond acceptors (Lipinski definition) is 3. The topological polar surface area (TPSA) is 45.7 Å². The molecule has 0 bridgehead atoms. The molecule has 1 aliphatic rings. The third kappa shape index (κ3) is 8.07. The van der Waals surface area contributed by atoms with Crippen molar-refractivity contribution in [1.29, 1.82) is 0 Å². The van der Waals surface area contributed by atoms with E-state index in [-0.39, 0.29) is 24.0 Å². The van der Waals surface area contributed by atoms with Gasteiger partial charge in [0.25, 0.3) is 0 Å². The number of rotatable bonds is 8. The normalized spacial score (nSPS) is 20.0. The van der Waals surface area contributed by atoms with Crippen LogP contribution in [0.25, 0.3) is 0 Å². The largest absolute Gasteiger partial charge is 0.497 e. The molecule has 2 rings (SSSR count). The second-order valence-corrected chi connectivity index (χ2v) is 7.36. The van der Waals surface area contributed by atoms with Crippen LogP contribution >= 0.6 is 35.7 Å². The van der Waals surface area contributed by atoms with Gasteiger partial charge in [0, 0.05) is 24.4 Å². The Morgan fingerprint density at radius 3 is 2.64 bits per heavy atom. The molecular weight excluding hydrogens is 445 g/mol. The Hall–Kier alpha value is -0.630. The van der Waals surface area contributed by atoms with Crippen LogP contribution in [-0.4, -0.2) is 43.7 Å². The lowest BCUT2D eigenvalue weighted by molar-refractivity contribution is 0.414. The summed E-state index contributed by atoms with van der Waals surface area (Å²) in [5.41, 5.74) is 1.34. The van der Waals surface area contributed by atoms with Gasteiger partial charge in [-0.2, -0.15) is 11.8 Å². The predicted molar refractivity (Wildman–Crippen MR) is 121 cm³/mol. The van der Waals surface area contributed by atoms with Gasteiger partial charge in [-0.25, -0.2) is 0 Å². The molecule has 2 atom stereocenters. The van der Waals surface area contributed by atoms with Gasteiger partial charge in [0.15, 0.2) is 5.96 Å².